The van der Waals surface area contributed by atoms with Crippen LogP contribution < -0.4 is 10.6 Å². The number of anilines is 1. The highest BCUT2D eigenvalue weighted by Crippen LogP contribution is 2.30. The van der Waals surface area contributed by atoms with Crippen molar-refractivity contribution in [3.05, 3.63) is 29.3 Å². The number of benzene rings is 1. The number of hydrogen-bond acceptors (Lipinski definition) is 4. The molecule has 2 heterocycles. The summed E-state index contributed by atoms with van der Waals surface area (Å²) >= 11 is 0. The molecule has 116 valence electrons. The molecule has 1 atom stereocenters. The molecule has 0 radical (unpaired) electrons. The van der Waals surface area contributed by atoms with Crippen molar-refractivity contribution in [3.63, 3.8) is 0 Å². The van der Waals surface area contributed by atoms with Crippen molar-refractivity contribution in [2.24, 2.45) is 5.73 Å². The molecule has 2 aliphatic rings. The van der Waals surface area contributed by atoms with Crippen LogP contribution in [-0.2, 0) is 11.2 Å². The first-order chi connectivity index (χ1) is 10.3. The van der Waals surface area contributed by atoms with Crippen molar-refractivity contribution in [2.45, 2.75) is 25.3 Å². The van der Waals surface area contributed by atoms with Crippen LogP contribution in [0.3, 0.4) is 0 Å². The lowest BCUT2D eigenvalue weighted by atomic mass is 9.96. The summed E-state index contributed by atoms with van der Waals surface area (Å²) < 4.78 is 5.57. The summed E-state index contributed by atoms with van der Waals surface area (Å²) in [5.41, 5.74) is 10.3. The minimum atomic E-state index is 0.323. The summed E-state index contributed by atoms with van der Waals surface area (Å²) in [5, 5.41) is 0. The topological polar surface area (TPSA) is 41.7 Å². The predicted octanol–water partition coefficient (Wildman–Crippen LogP) is 1.79. The quantitative estimate of drug-likeness (QED) is 0.921. The fraction of sp³-hybridized carbons (Fsp3) is 0.647. The lowest BCUT2D eigenvalue weighted by Gasteiger charge is -2.32. The maximum Gasteiger partial charge on any atom is 0.0593 e. The van der Waals surface area contributed by atoms with E-state index in [9.17, 15) is 0 Å². The SMILES string of the molecule is CN1CCCc2cc(C(CN)N3CCCOCC3)ccc21. The summed E-state index contributed by atoms with van der Waals surface area (Å²) in [4.78, 5) is 4.85. The molecule has 0 amide bonds. The molecule has 0 spiro atoms. The summed E-state index contributed by atoms with van der Waals surface area (Å²) in [6.07, 6.45) is 3.54. The Hall–Kier alpha value is -1.10. The van der Waals surface area contributed by atoms with Crippen molar-refractivity contribution >= 4 is 5.69 Å². The highest BCUT2D eigenvalue weighted by Gasteiger charge is 2.22. The smallest absolute Gasteiger partial charge is 0.0593 e. The fourth-order valence-corrected chi connectivity index (χ4v) is 3.59. The Balaban J connectivity index is 1.83. The number of fused-ring (bicyclic) bond motifs is 1. The largest absolute Gasteiger partial charge is 0.380 e. The summed E-state index contributed by atoms with van der Waals surface area (Å²) in [5.74, 6) is 0. The number of ether oxygens (including phenoxy) is 1. The molecule has 1 fully saturated rings. The number of hydrogen-bond donors (Lipinski definition) is 1. The maximum atomic E-state index is 6.10. The van der Waals surface area contributed by atoms with E-state index >= 15 is 0 Å². The standard InChI is InChI=1S/C17H27N3O/c1-19-7-2-4-14-12-15(5-6-16(14)19)17(13-18)20-8-3-10-21-11-9-20/h5-6,12,17H,2-4,7-11,13,18H2,1H3. The Morgan fingerprint density at radius 2 is 2.10 bits per heavy atom. The van der Waals surface area contributed by atoms with Gasteiger partial charge >= 0.3 is 0 Å². The molecule has 21 heavy (non-hydrogen) atoms. The van der Waals surface area contributed by atoms with E-state index in [0.29, 0.717) is 12.6 Å². The predicted molar refractivity (Wildman–Crippen MR) is 86.8 cm³/mol. The minimum Gasteiger partial charge on any atom is -0.380 e. The van der Waals surface area contributed by atoms with Gasteiger partial charge in [-0.2, -0.15) is 0 Å². The van der Waals surface area contributed by atoms with Gasteiger partial charge in [0.2, 0.25) is 0 Å². The van der Waals surface area contributed by atoms with E-state index in [-0.39, 0.29) is 0 Å². The van der Waals surface area contributed by atoms with Crippen LogP contribution in [0.25, 0.3) is 0 Å². The zero-order chi connectivity index (χ0) is 14.7. The highest BCUT2D eigenvalue weighted by atomic mass is 16.5. The molecule has 1 unspecified atom stereocenters. The van der Waals surface area contributed by atoms with Crippen molar-refractivity contribution in [1.29, 1.82) is 0 Å². The minimum absolute atomic E-state index is 0.323. The average Bonchev–Trinajstić information content (AvgIpc) is 2.78. The van der Waals surface area contributed by atoms with Crippen molar-refractivity contribution < 1.29 is 4.74 Å². The van der Waals surface area contributed by atoms with E-state index in [1.807, 2.05) is 0 Å². The molecule has 0 bridgehead atoms. The molecule has 4 nitrogen and oxygen atoms in total. The summed E-state index contributed by atoms with van der Waals surface area (Å²) in [7, 11) is 2.18. The number of rotatable bonds is 3. The maximum absolute atomic E-state index is 6.10. The molecular formula is C17H27N3O. The molecule has 1 saturated heterocycles. The first-order valence-corrected chi connectivity index (χ1v) is 8.15. The zero-order valence-electron chi connectivity index (χ0n) is 13.1. The third-order valence-corrected chi connectivity index (χ3v) is 4.76. The van der Waals surface area contributed by atoms with Crippen LogP contribution in [0.1, 0.15) is 30.0 Å². The van der Waals surface area contributed by atoms with Gasteiger partial charge in [-0.15, -0.1) is 0 Å². The van der Waals surface area contributed by atoms with Gasteiger partial charge in [-0.1, -0.05) is 12.1 Å². The Bertz CT molecular complexity index is 469. The van der Waals surface area contributed by atoms with Gasteiger partial charge in [0.25, 0.3) is 0 Å². The molecule has 4 heteroatoms. The van der Waals surface area contributed by atoms with Crippen LogP contribution >= 0.6 is 0 Å². The van der Waals surface area contributed by atoms with Gasteiger partial charge in [0, 0.05) is 51.6 Å². The van der Waals surface area contributed by atoms with Gasteiger partial charge in [-0.05, 0) is 36.5 Å². The first-order valence-electron chi connectivity index (χ1n) is 8.15. The Morgan fingerprint density at radius 1 is 1.19 bits per heavy atom. The normalized spacial score (nSPS) is 21.7. The first kappa shape index (κ1) is 14.8. The van der Waals surface area contributed by atoms with E-state index in [2.05, 4.69) is 35.0 Å². The van der Waals surface area contributed by atoms with Crippen molar-refractivity contribution in [1.82, 2.24) is 4.90 Å². The lowest BCUT2D eigenvalue weighted by Crippen LogP contribution is -2.36. The van der Waals surface area contributed by atoms with Gasteiger partial charge in [0.1, 0.15) is 0 Å². The third-order valence-electron chi connectivity index (χ3n) is 4.76. The van der Waals surface area contributed by atoms with Crippen LogP contribution in [-0.4, -0.2) is 51.3 Å². The van der Waals surface area contributed by atoms with Crippen LogP contribution in [0.2, 0.25) is 0 Å². The van der Waals surface area contributed by atoms with Crippen LogP contribution in [0.5, 0.6) is 0 Å². The molecule has 1 aromatic carbocycles. The van der Waals surface area contributed by atoms with Crippen LogP contribution in [0, 0.1) is 0 Å². The number of nitrogens with two attached hydrogens (primary N) is 1. The number of nitrogens with zero attached hydrogens (tertiary/aromatic N) is 2. The molecule has 3 rings (SSSR count). The second-order valence-corrected chi connectivity index (χ2v) is 6.17. The van der Waals surface area contributed by atoms with Gasteiger partial charge in [0.15, 0.2) is 0 Å². The highest BCUT2D eigenvalue weighted by molar-refractivity contribution is 5.56. The van der Waals surface area contributed by atoms with Crippen LogP contribution in [0.15, 0.2) is 18.2 Å². The monoisotopic (exact) mass is 289 g/mol. The Kier molecular flexibility index (Phi) is 4.78. The molecule has 1 aromatic rings. The third kappa shape index (κ3) is 3.23. The molecule has 0 aliphatic carbocycles. The Labute approximate surface area is 127 Å². The second-order valence-electron chi connectivity index (χ2n) is 6.17. The van der Waals surface area contributed by atoms with E-state index in [0.717, 1.165) is 39.3 Å². The van der Waals surface area contributed by atoms with E-state index in [1.165, 1.54) is 29.7 Å². The molecule has 0 aromatic heterocycles. The second kappa shape index (κ2) is 6.77. The number of aryl methyl sites for hydroxylation is 1. The van der Waals surface area contributed by atoms with Crippen molar-refractivity contribution in [3.8, 4) is 0 Å². The summed E-state index contributed by atoms with van der Waals surface area (Å²) in [6.45, 7) is 5.61. The van der Waals surface area contributed by atoms with Crippen LogP contribution in [0.4, 0.5) is 5.69 Å². The Morgan fingerprint density at radius 3 is 2.95 bits per heavy atom. The van der Waals surface area contributed by atoms with E-state index < -0.39 is 0 Å². The average molecular weight is 289 g/mol. The van der Waals surface area contributed by atoms with Gasteiger partial charge < -0.3 is 15.4 Å². The van der Waals surface area contributed by atoms with Gasteiger partial charge in [0.05, 0.1) is 6.61 Å². The van der Waals surface area contributed by atoms with E-state index in [4.69, 9.17) is 10.5 Å². The summed E-state index contributed by atoms with van der Waals surface area (Å²) in [6, 6.07) is 7.25. The lowest BCUT2D eigenvalue weighted by molar-refractivity contribution is 0.132. The van der Waals surface area contributed by atoms with Gasteiger partial charge in [-0.3, -0.25) is 4.90 Å². The zero-order valence-corrected chi connectivity index (χ0v) is 13.1. The van der Waals surface area contributed by atoms with E-state index in [1.54, 1.807) is 0 Å². The molecule has 2 aliphatic heterocycles. The molecule has 0 saturated carbocycles. The fourth-order valence-electron chi connectivity index (χ4n) is 3.59. The molecule has 2 N–H and O–H groups in total. The molecular weight excluding hydrogens is 262 g/mol. The van der Waals surface area contributed by atoms with Crippen molar-refractivity contribution in [2.75, 3.05) is 51.3 Å². The van der Waals surface area contributed by atoms with Gasteiger partial charge in [-0.25, -0.2) is 0 Å².